The van der Waals surface area contributed by atoms with Crippen LogP contribution >= 0.6 is 20.3 Å². The van der Waals surface area contributed by atoms with Crippen LogP contribution in [0, 0.1) is 0 Å². The van der Waals surface area contributed by atoms with Gasteiger partial charge in [-0.1, -0.05) is 6.92 Å². The standard InChI is InChI=1S/C3H7O3PS.Ca.2H/c1-2-3-8-6-7(4)5;;;/h2-3H2,1H3;;;/q;+2;2*-1/p+1. The van der Waals surface area contributed by atoms with Crippen LogP contribution in [0.4, 0.5) is 0 Å². The molecule has 0 aliphatic carbocycles. The first-order chi connectivity index (χ1) is 3.77. The van der Waals surface area contributed by atoms with E-state index < -0.39 is 8.25 Å². The number of hydrogen-bond donors (Lipinski definition) is 1. The average molecular weight is 197 g/mol. The van der Waals surface area contributed by atoms with Gasteiger partial charge in [-0.25, -0.2) is 0 Å². The van der Waals surface area contributed by atoms with Crippen LogP contribution in [0.15, 0.2) is 0 Å². The molecule has 52 valence electrons. The number of rotatable bonds is 4. The van der Waals surface area contributed by atoms with Gasteiger partial charge in [0, 0.05) is 10.3 Å². The molecule has 0 fully saturated rings. The summed E-state index contributed by atoms with van der Waals surface area (Å²) in [5.74, 6) is 0.766. The summed E-state index contributed by atoms with van der Waals surface area (Å²) in [5.41, 5.74) is 0. The van der Waals surface area contributed by atoms with Crippen LogP contribution in [0.2, 0.25) is 0 Å². The summed E-state index contributed by atoms with van der Waals surface area (Å²) in [5, 5.41) is 0. The second-order valence-corrected chi connectivity index (χ2v) is 2.85. The minimum atomic E-state index is -2.40. The summed E-state index contributed by atoms with van der Waals surface area (Å²) in [6.07, 6.45) is 0.952. The van der Waals surface area contributed by atoms with Crippen molar-refractivity contribution in [1.29, 1.82) is 0 Å². The second kappa shape index (κ2) is 9.63. The molecule has 0 amide bonds. The predicted molar refractivity (Wildman–Crippen MR) is 41.6 cm³/mol. The topological polar surface area (TPSA) is 46.5 Å². The summed E-state index contributed by atoms with van der Waals surface area (Å²) in [6, 6.07) is 0. The minimum Gasteiger partial charge on any atom is -1.00 e. The van der Waals surface area contributed by atoms with Crippen molar-refractivity contribution >= 4 is 58.0 Å². The normalized spacial score (nSPS) is 10.2. The van der Waals surface area contributed by atoms with Crippen molar-refractivity contribution in [2.45, 2.75) is 13.3 Å². The maximum absolute atomic E-state index is 9.78. The molecule has 3 nitrogen and oxygen atoms in total. The molecule has 1 atom stereocenters. The van der Waals surface area contributed by atoms with Crippen molar-refractivity contribution in [2.75, 3.05) is 5.75 Å². The smallest absolute Gasteiger partial charge is 1.00 e. The van der Waals surface area contributed by atoms with Crippen molar-refractivity contribution in [2.24, 2.45) is 0 Å². The third kappa shape index (κ3) is 12.8. The molecule has 0 aliphatic rings. The molecule has 0 radical (unpaired) electrons. The molecule has 0 spiro atoms. The van der Waals surface area contributed by atoms with Gasteiger partial charge in [-0.3, -0.25) is 0 Å². The molecule has 0 bridgehead atoms. The van der Waals surface area contributed by atoms with Crippen molar-refractivity contribution in [1.82, 2.24) is 0 Å². The Morgan fingerprint density at radius 1 is 1.89 bits per heavy atom. The zero-order valence-corrected chi connectivity index (χ0v) is 9.16. The van der Waals surface area contributed by atoms with Crippen LogP contribution in [-0.4, -0.2) is 48.4 Å². The molecule has 0 aromatic carbocycles. The van der Waals surface area contributed by atoms with Gasteiger partial charge in [0.2, 0.25) is 0 Å². The van der Waals surface area contributed by atoms with E-state index in [0.29, 0.717) is 0 Å². The van der Waals surface area contributed by atoms with Gasteiger partial charge in [-0.2, -0.15) is 0 Å². The minimum absolute atomic E-state index is 0. The molecule has 1 N–H and O–H groups in total. The van der Waals surface area contributed by atoms with Crippen LogP contribution in [0.25, 0.3) is 0 Å². The average Bonchev–Trinajstić information content (AvgIpc) is 1.66. The van der Waals surface area contributed by atoms with Gasteiger partial charge >= 0.3 is 46.0 Å². The molecular formula is C3H10CaO3PS+. The van der Waals surface area contributed by atoms with Crippen molar-refractivity contribution < 1.29 is 16.3 Å². The summed E-state index contributed by atoms with van der Waals surface area (Å²) < 4.78 is 14.0. The molecule has 0 rings (SSSR count). The van der Waals surface area contributed by atoms with Crippen molar-refractivity contribution in [3.05, 3.63) is 0 Å². The zero-order chi connectivity index (χ0) is 6.41. The van der Waals surface area contributed by atoms with Crippen LogP contribution < -0.4 is 0 Å². The Morgan fingerprint density at radius 3 is 2.78 bits per heavy atom. The van der Waals surface area contributed by atoms with E-state index in [1.165, 1.54) is 0 Å². The van der Waals surface area contributed by atoms with Crippen molar-refractivity contribution in [3.63, 3.8) is 0 Å². The molecule has 0 saturated carbocycles. The van der Waals surface area contributed by atoms with Crippen LogP contribution in [-0.2, 0) is 8.54 Å². The van der Waals surface area contributed by atoms with Crippen LogP contribution in [0.5, 0.6) is 0 Å². The van der Waals surface area contributed by atoms with Gasteiger partial charge in [0.1, 0.15) is 0 Å². The van der Waals surface area contributed by atoms with E-state index in [1.54, 1.807) is 0 Å². The van der Waals surface area contributed by atoms with E-state index in [0.717, 1.165) is 24.2 Å². The summed E-state index contributed by atoms with van der Waals surface area (Å²) in [6.45, 7) is 1.97. The fourth-order valence-corrected chi connectivity index (χ4v) is 0.991. The Morgan fingerprint density at radius 2 is 2.44 bits per heavy atom. The third-order valence-electron chi connectivity index (χ3n) is 0.404. The Bertz CT molecular complexity index is 89.0. The van der Waals surface area contributed by atoms with Crippen LogP contribution in [0.1, 0.15) is 16.2 Å². The van der Waals surface area contributed by atoms with Crippen molar-refractivity contribution in [3.8, 4) is 0 Å². The van der Waals surface area contributed by atoms with Crippen LogP contribution in [0.3, 0.4) is 0 Å². The fraction of sp³-hybridized carbons (Fsp3) is 1.00. The Balaban J connectivity index is -0.0000000817. The first kappa shape index (κ1) is 13.2. The Labute approximate surface area is 92.7 Å². The molecule has 0 saturated heterocycles. The van der Waals surface area contributed by atoms with Gasteiger partial charge in [0.05, 0.1) is 12.0 Å². The van der Waals surface area contributed by atoms with Gasteiger partial charge in [-0.15, -0.1) is 4.89 Å². The Hall–Kier alpha value is 1.63. The summed E-state index contributed by atoms with van der Waals surface area (Å²) >= 11 is 1.03. The Kier molecular flexibility index (Phi) is 14.2. The van der Waals surface area contributed by atoms with E-state index >= 15 is 0 Å². The monoisotopic (exact) mass is 197 g/mol. The van der Waals surface area contributed by atoms with E-state index in [4.69, 9.17) is 4.89 Å². The SMILES string of the molecule is CCCSO[P+](=O)O.[Ca+2].[H-].[H-]. The maximum atomic E-state index is 9.78. The predicted octanol–water partition coefficient (Wildman–Crippen LogP) is 1.56. The van der Waals surface area contributed by atoms with Gasteiger partial charge in [-0.05, 0) is 10.4 Å². The van der Waals surface area contributed by atoms with Gasteiger partial charge in [0.25, 0.3) is 0 Å². The molecule has 6 heteroatoms. The quantitative estimate of drug-likeness (QED) is 0.321. The first-order valence-electron chi connectivity index (χ1n) is 2.23. The van der Waals surface area contributed by atoms with E-state index in [2.05, 4.69) is 3.97 Å². The maximum Gasteiger partial charge on any atom is 2.00 e. The zero-order valence-electron chi connectivity index (χ0n) is 7.24. The fourth-order valence-electron chi connectivity index (χ4n) is 0.166. The molecule has 0 aromatic rings. The van der Waals surface area contributed by atoms with E-state index in [-0.39, 0.29) is 40.6 Å². The largest absolute Gasteiger partial charge is 2.00 e. The molecule has 0 aliphatic heterocycles. The second-order valence-electron chi connectivity index (χ2n) is 1.13. The van der Waals surface area contributed by atoms with Gasteiger partial charge in [0.15, 0.2) is 0 Å². The first-order valence-corrected chi connectivity index (χ1v) is 4.27. The van der Waals surface area contributed by atoms with E-state index in [1.807, 2.05) is 6.92 Å². The molecular weight excluding hydrogens is 187 g/mol. The van der Waals surface area contributed by atoms with Gasteiger partial charge < -0.3 is 2.85 Å². The third-order valence-corrected chi connectivity index (χ3v) is 1.91. The molecule has 9 heavy (non-hydrogen) atoms. The van der Waals surface area contributed by atoms with E-state index in [9.17, 15) is 4.57 Å². The molecule has 0 aromatic heterocycles. The summed E-state index contributed by atoms with van der Waals surface area (Å²) in [7, 11) is -2.40. The number of hydrogen-bond acceptors (Lipinski definition) is 3. The molecule has 0 heterocycles. The summed E-state index contributed by atoms with van der Waals surface area (Å²) in [4.78, 5) is 8.05. The molecule has 1 unspecified atom stereocenters.